The van der Waals surface area contributed by atoms with Gasteiger partial charge in [0.05, 0.1) is 18.6 Å². The second-order valence-electron chi connectivity index (χ2n) is 6.66. The van der Waals surface area contributed by atoms with Crippen LogP contribution < -0.4 is 4.74 Å². The molecule has 1 saturated heterocycles. The zero-order valence-corrected chi connectivity index (χ0v) is 14.1. The SMILES string of the molecule is CC1(C)CN(C(=O)Cc2ccn[nH]2)C[C@@H](COc2ccccc2)O1. The first-order chi connectivity index (χ1) is 11.5. The van der Waals surface area contributed by atoms with Crippen molar-refractivity contribution in [3.05, 3.63) is 48.3 Å². The number of carbonyl (C=O) groups excluding carboxylic acids is 1. The van der Waals surface area contributed by atoms with Crippen LogP contribution in [0.1, 0.15) is 19.5 Å². The Hall–Kier alpha value is -2.34. The van der Waals surface area contributed by atoms with Gasteiger partial charge < -0.3 is 14.4 Å². The Morgan fingerprint density at radius 2 is 2.17 bits per heavy atom. The summed E-state index contributed by atoms with van der Waals surface area (Å²) in [5, 5.41) is 6.72. The van der Waals surface area contributed by atoms with Crippen molar-refractivity contribution in [1.29, 1.82) is 0 Å². The standard InChI is InChI=1S/C18H23N3O3/c1-18(2)13-21(17(22)10-14-8-9-19-20-14)11-16(24-18)12-23-15-6-4-3-5-7-15/h3-9,16H,10-13H2,1-2H3,(H,19,20)/t16-/m0/s1. The third-order valence-electron chi connectivity index (χ3n) is 3.91. The first-order valence-corrected chi connectivity index (χ1v) is 8.13. The van der Waals surface area contributed by atoms with Gasteiger partial charge in [-0.3, -0.25) is 9.89 Å². The lowest BCUT2D eigenvalue weighted by atomic mass is 10.0. The highest BCUT2D eigenvalue weighted by molar-refractivity contribution is 5.78. The van der Waals surface area contributed by atoms with Crippen molar-refractivity contribution in [2.75, 3.05) is 19.7 Å². The molecule has 1 N–H and O–H groups in total. The van der Waals surface area contributed by atoms with Crippen LogP contribution in [0.25, 0.3) is 0 Å². The number of benzene rings is 1. The van der Waals surface area contributed by atoms with Gasteiger partial charge in [-0.25, -0.2) is 0 Å². The summed E-state index contributed by atoms with van der Waals surface area (Å²) in [4.78, 5) is 14.4. The Morgan fingerprint density at radius 3 is 2.88 bits per heavy atom. The van der Waals surface area contributed by atoms with Crippen LogP contribution in [0.4, 0.5) is 0 Å². The third-order valence-corrected chi connectivity index (χ3v) is 3.91. The molecular formula is C18H23N3O3. The number of rotatable bonds is 5. The topological polar surface area (TPSA) is 67.5 Å². The van der Waals surface area contributed by atoms with Crippen LogP contribution in [0.15, 0.2) is 42.6 Å². The predicted octanol–water partition coefficient (Wildman–Crippen LogP) is 2.04. The molecule has 1 aliphatic rings. The Morgan fingerprint density at radius 1 is 1.38 bits per heavy atom. The molecule has 2 heterocycles. The smallest absolute Gasteiger partial charge is 0.228 e. The number of nitrogens with one attached hydrogen (secondary N) is 1. The van der Waals surface area contributed by atoms with Gasteiger partial charge in [0, 0.05) is 18.4 Å². The van der Waals surface area contributed by atoms with Crippen LogP contribution in [0.5, 0.6) is 5.75 Å². The van der Waals surface area contributed by atoms with E-state index in [9.17, 15) is 4.79 Å². The molecule has 6 nitrogen and oxygen atoms in total. The molecular weight excluding hydrogens is 306 g/mol. The van der Waals surface area contributed by atoms with Gasteiger partial charge in [0.2, 0.25) is 5.91 Å². The van der Waals surface area contributed by atoms with Gasteiger partial charge in [0.15, 0.2) is 0 Å². The summed E-state index contributed by atoms with van der Waals surface area (Å²) in [5.41, 5.74) is 0.425. The molecule has 1 fully saturated rings. The number of aromatic amines is 1. The molecule has 0 unspecified atom stereocenters. The first-order valence-electron chi connectivity index (χ1n) is 8.13. The van der Waals surface area contributed by atoms with Crippen LogP contribution in [-0.4, -0.2) is 52.4 Å². The lowest BCUT2D eigenvalue weighted by Crippen LogP contribution is -2.56. The summed E-state index contributed by atoms with van der Waals surface area (Å²) < 4.78 is 11.9. The average molecular weight is 329 g/mol. The summed E-state index contributed by atoms with van der Waals surface area (Å²) in [6.07, 6.45) is 1.82. The van der Waals surface area contributed by atoms with E-state index in [0.717, 1.165) is 11.4 Å². The van der Waals surface area contributed by atoms with Crippen LogP contribution in [0.3, 0.4) is 0 Å². The number of morpholine rings is 1. The Balaban J connectivity index is 1.60. The highest BCUT2D eigenvalue weighted by Gasteiger charge is 2.35. The van der Waals surface area contributed by atoms with Gasteiger partial charge in [-0.05, 0) is 32.0 Å². The highest BCUT2D eigenvalue weighted by atomic mass is 16.5. The maximum absolute atomic E-state index is 12.6. The monoisotopic (exact) mass is 329 g/mol. The number of nitrogens with zero attached hydrogens (tertiary/aromatic N) is 2. The van der Waals surface area contributed by atoms with Crippen molar-refractivity contribution < 1.29 is 14.3 Å². The number of H-pyrrole nitrogens is 1. The van der Waals surface area contributed by atoms with E-state index < -0.39 is 5.60 Å². The van der Waals surface area contributed by atoms with Gasteiger partial charge >= 0.3 is 0 Å². The van der Waals surface area contributed by atoms with Crippen molar-refractivity contribution in [1.82, 2.24) is 15.1 Å². The zero-order valence-electron chi connectivity index (χ0n) is 14.1. The van der Waals surface area contributed by atoms with E-state index in [0.29, 0.717) is 26.1 Å². The van der Waals surface area contributed by atoms with Gasteiger partial charge in [-0.2, -0.15) is 5.10 Å². The Labute approximate surface area is 141 Å². The van der Waals surface area contributed by atoms with Crippen LogP contribution >= 0.6 is 0 Å². The second kappa shape index (κ2) is 7.05. The average Bonchev–Trinajstić information content (AvgIpc) is 3.05. The lowest BCUT2D eigenvalue weighted by Gasteiger charge is -2.42. The summed E-state index contributed by atoms with van der Waals surface area (Å²) in [6, 6.07) is 11.5. The van der Waals surface area contributed by atoms with Crippen molar-refractivity contribution >= 4 is 5.91 Å². The molecule has 1 aromatic carbocycles. The number of hydrogen-bond donors (Lipinski definition) is 1. The minimum Gasteiger partial charge on any atom is -0.491 e. The molecule has 1 aromatic heterocycles. The molecule has 1 atom stereocenters. The van der Waals surface area contributed by atoms with Crippen molar-refractivity contribution in [3.63, 3.8) is 0 Å². The summed E-state index contributed by atoms with van der Waals surface area (Å²) >= 11 is 0. The highest BCUT2D eigenvalue weighted by Crippen LogP contribution is 2.22. The number of carbonyl (C=O) groups is 1. The predicted molar refractivity (Wildman–Crippen MR) is 89.8 cm³/mol. The number of hydrogen-bond acceptors (Lipinski definition) is 4. The summed E-state index contributed by atoms with van der Waals surface area (Å²) in [6.45, 7) is 5.52. The molecule has 0 saturated carbocycles. The van der Waals surface area contributed by atoms with Crippen molar-refractivity contribution in [2.24, 2.45) is 0 Å². The third kappa shape index (κ3) is 4.35. The van der Waals surface area contributed by atoms with Crippen molar-refractivity contribution in [3.8, 4) is 5.75 Å². The first kappa shape index (κ1) is 16.5. The molecule has 24 heavy (non-hydrogen) atoms. The molecule has 6 heteroatoms. The zero-order chi connectivity index (χ0) is 17.0. The van der Waals surface area contributed by atoms with Crippen molar-refractivity contribution in [2.45, 2.75) is 32.0 Å². The van der Waals surface area contributed by atoms with Crippen LogP contribution in [0.2, 0.25) is 0 Å². The van der Waals surface area contributed by atoms with Crippen LogP contribution in [-0.2, 0) is 16.0 Å². The summed E-state index contributed by atoms with van der Waals surface area (Å²) in [7, 11) is 0. The number of para-hydroxylation sites is 1. The quantitative estimate of drug-likeness (QED) is 0.911. The molecule has 0 aliphatic carbocycles. The largest absolute Gasteiger partial charge is 0.491 e. The minimum atomic E-state index is -0.396. The molecule has 0 bridgehead atoms. The van der Waals surface area contributed by atoms with Crippen LogP contribution in [0, 0.1) is 0 Å². The van der Waals surface area contributed by atoms with Gasteiger partial charge in [0.1, 0.15) is 18.5 Å². The number of aromatic nitrogens is 2. The van der Waals surface area contributed by atoms with E-state index in [2.05, 4.69) is 10.2 Å². The molecule has 1 aliphatic heterocycles. The molecule has 128 valence electrons. The Kier molecular flexibility index (Phi) is 4.85. The van der Waals surface area contributed by atoms with E-state index >= 15 is 0 Å². The van der Waals surface area contributed by atoms with E-state index in [1.807, 2.05) is 55.1 Å². The van der Waals surface area contributed by atoms with E-state index in [4.69, 9.17) is 9.47 Å². The fourth-order valence-electron chi connectivity index (χ4n) is 2.94. The molecule has 0 radical (unpaired) electrons. The minimum absolute atomic E-state index is 0.0698. The molecule has 2 aromatic rings. The summed E-state index contributed by atoms with van der Waals surface area (Å²) in [5.74, 6) is 0.875. The normalized spacial score (nSPS) is 19.9. The lowest BCUT2D eigenvalue weighted by molar-refractivity contribution is -0.165. The van der Waals surface area contributed by atoms with E-state index in [1.165, 1.54) is 0 Å². The van der Waals surface area contributed by atoms with Gasteiger partial charge in [-0.15, -0.1) is 0 Å². The number of ether oxygens (including phenoxy) is 2. The second-order valence-corrected chi connectivity index (χ2v) is 6.66. The fraction of sp³-hybridized carbons (Fsp3) is 0.444. The Bertz CT molecular complexity index is 655. The van der Waals surface area contributed by atoms with Gasteiger partial charge in [-0.1, -0.05) is 18.2 Å². The molecule has 0 spiro atoms. The van der Waals surface area contributed by atoms with E-state index in [1.54, 1.807) is 6.20 Å². The molecule has 1 amide bonds. The maximum Gasteiger partial charge on any atom is 0.228 e. The van der Waals surface area contributed by atoms with E-state index in [-0.39, 0.29) is 12.0 Å². The number of amides is 1. The molecule has 3 rings (SSSR count). The van der Waals surface area contributed by atoms with Gasteiger partial charge in [0.25, 0.3) is 0 Å². The fourth-order valence-corrected chi connectivity index (χ4v) is 2.94. The maximum atomic E-state index is 12.6.